The molecule has 1 aromatic rings. The van der Waals surface area contributed by atoms with Gasteiger partial charge in [0.2, 0.25) is 0 Å². The second kappa shape index (κ2) is 8.20. The van der Waals surface area contributed by atoms with Gasteiger partial charge >= 0.3 is 0 Å². The third-order valence-corrected chi connectivity index (χ3v) is 5.80. The number of para-hydroxylation sites is 1. The number of fused-ring (bicyclic) bond motifs is 3. The minimum atomic E-state index is -0.495. The molecule has 0 bridgehead atoms. The molecule has 0 radical (unpaired) electrons. The van der Waals surface area contributed by atoms with Crippen LogP contribution in [0.1, 0.15) is 45.3 Å². The molecule has 2 aliphatic heterocycles. The summed E-state index contributed by atoms with van der Waals surface area (Å²) in [5.41, 5.74) is 0.352. The van der Waals surface area contributed by atoms with E-state index in [0.717, 1.165) is 29.1 Å². The molecular formula is C22H32NO4+. The molecule has 3 rings (SSSR count). The van der Waals surface area contributed by atoms with Crippen molar-refractivity contribution in [2.75, 3.05) is 32.8 Å². The summed E-state index contributed by atoms with van der Waals surface area (Å²) in [4.78, 5) is 1.09. The summed E-state index contributed by atoms with van der Waals surface area (Å²) in [7, 11) is 0. The van der Waals surface area contributed by atoms with Gasteiger partial charge < -0.3 is 24.6 Å². The van der Waals surface area contributed by atoms with E-state index in [1.54, 1.807) is 0 Å². The van der Waals surface area contributed by atoms with E-state index < -0.39 is 5.60 Å². The topological polar surface area (TPSA) is 63.4 Å². The van der Waals surface area contributed by atoms with Crippen LogP contribution in [0, 0.1) is 17.8 Å². The number of aliphatic hydroxyl groups is 2. The number of aliphatic hydroxyl groups excluding tert-OH is 2. The number of hydrogen-bond donors (Lipinski definition) is 3. The fourth-order valence-electron chi connectivity index (χ4n) is 4.23. The van der Waals surface area contributed by atoms with E-state index in [-0.39, 0.29) is 24.9 Å². The Kier molecular flexibility index (Phi) is 6.12. The van der Waals surface area contributed by atoms with Crippen LogP contribution in [0.4, 0.5) is 0 Å². The zero-order valence-corrected chi connectivity index (χ0v) is 16.6. The highest BCUT2D eigenvalue weighted by atomic mass is 16.5. The van der Waals surface area contributed by atoms with Crippen LogP contribution in [0.2, 0.25) is 0 Å². The molecule has 2 aliphatic rings. The second-order valence-electron chi connectivity index (χ2n) is 8.33. The zero-order chi connectivity index (χ0) is 19.5. The van der Waals surface area contributed by atoms with Gasteiger partial charge in [-0.2, -0.15) is 0 Å². The third-order valence-electron chi connectivity index (χ3n) is 5.80. The van der Waals surface area contributed by atoms with Gasteiger partial charge in [0, 0.05) is 11.5 Å². The van der Waals surface area contributed by atoms with E-state index in [0.29, 0.717) is 25.6 Å². The van der Waals surface area contributed by atoms with E-state index in [9.17, 15) is 0 Å². The first kappa shape index (κ1) is 20.2. The number of hydrogen-bond acceptors (Lipinski definition) is 4. The minimum absolute atomic E-state index is 0.0173. The summed E-state index contributed by atoms with van der Waals surface area (Å²) in [5, 5.41) is 18.3. The number of quaternary nitrogens is 1. The fraction of sp³-hybridized carbons (Fsp3) is 0.636. The molecule has 0 spiro atoms. The Morgan fingerprint density at radius 1 is 1.15 bits per heavy atom. The lowest BCUT2D eigenvalue weighted by molar-refractivity contribution is -0.893. The Labute approximate surface area is 162 Å². The maximum Gasteiger partial charge on any atom is 0.139 e. The van der Waals surface area contributed by atoms with Crippen molar-refractivity contribution in [2.24, 2.45) is 5.92 Å². The first-order valence-corrected chi connectivity index (χ1v) is 9.89. The third kappa shape index (κ3) is 4.47. The lowest BCUT2D eigenvalue weighted by atomic mass is 9.73. The highest BCUT2D eigenvalue weighted by molar-refractivity contribution is 5.39. The fourth-order valence-corrected chi connectivity index (χ4v) is 4.23. The van der Waals surface area contributed by atoms with Gasteiger partial charge in [0.05, 0.1) is 19.3 Å². The summed E-state index contributed by atoms with van der Waals surface area (Å²) < 4.78 is 12.8. The van der Waals surface area contributed by atoms with Crippen molar-refractivity contribution in [3.63, 3.8) is 0 Å². The van der Waals surface area contributed by atoms with Crippen LogP contribution >= 0.6 is 0 Å². The van der Waals surface area contributed by atoms with Gasteiger partial charge in [-0.05, 0) is 45.6 Å². The number of rotatable bonds is 5. The summed E-state index contributed by atoms with van der Waals surface area (Å²) >= 11 is 0. The number of ether oxygens (including phenoxy) is 2. The summed E-state index contributed by atoms with van der Waals surface area (Å²) in [6.45, 7) is 8.33. The maximum atomic E-state index is 9.15. The maximum absolute atomic E-state index is 9.15. The van der Waals surface area contributed by atoms with Crippen LogP contribution in [0.15, 0.2) is 24.3 Å². The van der Waals surface area contributed by atoms with Crippen LogP contribution in [-0.2, 0) is 4.74 Å². The van der Waals surface area contributed by atoms with E-state index in [1.807, 2.05) is 18.2 Å². The molecule has 0 saturated carbocycles. The molecular weight excluding hydrogens is 342 g/mol. The average Bonchev–Trinajstić information content (AvgIpc) is 2.61. The van der Waals surface area contributed by atoms with Crippen molar-refractivity contribution in [1.29, 1.82) is 0 Å². The Hall–Kier alpha value is -1.58. The van der Waals surface area contributed by atoms with Gasteiger partial charge in [-0.25, -0.2) is 0 Å². The lowest BCUT2D eigenvalue weighted by Crippen LogP contribution is -3.13. The van der Waals surface area contributed by atoms with Gasteiger partial charge in [0.25, 0.3) is 0 Å². The molecule has 148 valence electrons. The molecule has 5 nitrogen and oxygen atoms in total. The quantitative estimate of drug-likeness (QED) is 0.672. The van der Waals surface area contributed by atoms with E-state index >= 15 is 0 Å². The first-order chi connectivity index (χ1) is 12.9. The smallest absolute Gasteiger partial charge is 0.139 e. The Bertz CT molecular complexity index is 702. The van der Waals surface area contributed by atoms with Crippen molar-refractivity contribution in [3.05, 3.63) is 29.8 Å². The highest BCUT2D eigenvalue weighted by Crippen LogP contribution is 2.52. The molecule has 0 aliphatic carbocycles. The first-order valence-electron chi connectivity index (χ1n) is 9.89. The SMILES string of the molecule is CC1(C)Oc2ccccc2[C@H]2O[C@](C)(C#CC[NH+](CCO)CCO)CC[C@H]21. The van der Waals surface area contributed by atoms with Crippen molar-refractivity contribution in [3.8, 4) is 17.6 Å². The second-order valence-corrected chi connectivity index (χ2v) is 8.33. The molecule has 0 aromatic heterocycles. The molecule has 0 amide bonds. The van der Waals surface area contributed by atoms with Crippen LogP contribution in [-0.4, -0.2) is 54.3 Å². The lowest BCUT2D eigenvalue weighted by Gasteiger charge is -2.50. The van der Waals surface area contributed by atoms with Crippen molar-refractivity contribution in [2.45, 2.75) is 50.9 Å². The summed E-state index contributed by atoms with van der Waals surface area (Å²) in [5.74, 6) is 7.78. The van der Waals surface area contributed by atoms with Gasteiger partial charge in [-0.3, -0.25) is 0 Å². The molecule has 27 heavy (non-hydrogen) atoms. The largest absolute Gasteiger partial charge is 0.487 e. The van der Waals surface area contributed by atoms with Gasteiger partial charge in [-0.15, -0.1) is 0 Å². The van der Waals surface area contributed by atoms with Crippen molar-refractivity contribution >= 4 is 0 Å². The Balaban J connectivity index is 1.77. The summed E-state index contributed by atoms with van der Waals surface area (Å²) in [6.07, 6.45) is 1.85. The summed E-state index contributed by atoms with van der Waals surface area (Å²) in [6, 6.07) is 8.13. The molecule has 3 N–H and O–H groups in total. The van der Waals surface area contributed by atoms with E-state index in [2.05, 4.69) is 38.7 Å². The van der Waals surface area contributed by atoms with Crippen LogP contribution in [0.5, 0.6) is 5.75 Å². The van der Waals surface area contributed by atoms with Crippen LogP contribution in [0.25, 0.3) is 0 Å². The molecule has 5 heteroatoms. The van der Waals surface area contributed by atoms with Gasteiger partial charge in [0.15, 0.2) is 0 Å². The van der Waals surface area contributed by atoms with Gasteiger partial charge in [0.1, 0.15) is 36.6 Å². The monoisotopic (exact) mass is 374 g/mol. The average molecular weight is 375 g/mol. The predicted molar refractivity (Wildman–Crippen MR) is 104 cm³/mol. The molecule has 0 unspecified atom stereocenters. The molecule has 1 aromatic carbocycles. The Morgan fingerprint density at radius 3 is 2.56 bits per heavy atom. The molecule has 3 atom stereocenters. The van der Waals surface area contributed by atoms with Crippen LogP contribution < -0.4 is 9.64 Å². The Morgan fingerprint density at radius 2 is 1.85 bits per heavy atom. The van der Waals surface area contributed by atoms with E-state index in [1.165, 1.54) is 0 Å². The van der Waals surface area contributed by atoms with E-state index in [4.69, 9.17) is 19.7 Å². The van der Waals surface area contributed by atoms with Gasteiger partial charge in [-0.1, -0.05) is 24.1 Å². The molecule has 2 heterocycles. The zero-order valence-electron chi connectivity index (χ0n) is 16.6. The highest BCUT2D eigenvalue weighted by Gasteiger charge is 2.49. The number of benzene rings is 1. The van der Waals surface area contributed by atoms with Crippen molar-refractivity contribution in [1.82, 2.24) is 0 Å². The number of nitrogens with one attached hydrogen (secondary N) is 1. The predicted octanol–water partition coefficient (Wildman–Crippen LogP) is 0.957. The van der Waals surface area contributed by atoms with Crippen molar-refractivity contribution < 1.29 is 24.6 Å². The standard InChI is InChI=1S/C22H31NO4/c1-21(2)18-9-11-22(3,10-6-12-23(13-15-24)14-16-25)27-20(18)17-7-4-5-8-19(17)26-21/h4-5,7-8,18,20,24-25H,9,11-16H2,1-3H3/p+1/t18-,20-,22-/m1/s1. The van der Waals surface area contributed by atoms with Crippen LogP contribution in [0.3, 0.4) is 0 Å². The molecule has 1 saturated heterocycles. The normalized spacial score (nSPS) is 28.5. The molecule has 1 fully saturated rings. The minimum Gasteiger partial charge on any atom is -0.487 e.